The van der Waals surface area contributed by atoms with Gasteiger partial charge < -0.3 is 4.57 Å². The minimum absolute atomic E-state index is 0.120. The Kier molecular flexibility index (Phi) is 4.22. The zero-order valence-corrected chi connectivity index (χ0v) is 23.1. The Hall–Kier alpha value is -6.25. The molecule has 0 N–H and O–H groups in total. The molecule has 0 bridgehead atoms. The van der Waals surface area contributed by atoms with Crippen LogP contribution >= 0.6 is 0 Å². The second-order valence-corrected chi connectivity index (χ2v) is 10.6. The first-order chi connectivity index (χ1) is 23.9. The smallest absolute Gasteiger partial charge is 0.236 e. The quantitative estimate of drug-likeness (QED) is 0.214. The van der Waals surface area contributed by atoms with Crippen molar-refractivity contribution in [2.75, 3.05) is 0 Å². The third kappa shape index (κ3) is 3.52. The normalized spacial score (nSPS) is 13.2. The molecule has 0 spiro atoms. The van der Waals surface area contributed by atoms with Crippen LogP contribution in [0, 0.1) is 11.3 Å². The average molecular weight is 567 g/mol. The van der Waals surface area contributed by atoms with E-state index in [1.54, 1.807) is 4.57 Å². The first-order valence-corrected chi connectivity index (χ1v) is 14.2. The van der Waals surface area contributed by atoms with Crippen molar-refractivity contribution in [3.05, 3.63) is 145 Å². The molecule has 0 radical (unpaired) electrons. The van der Waals surface area contributed by atoms with Gasteiger partial charge in [0.05, 0.1) is 34.4 Å². The van der Waals surface area contributed by atoms with Crippen LogP contribution in [0.5, 0.6) is 0 Å². The van der Waals surface area contributed by atoms with Crippen molar-refractivity contribution in [2.45, 2.75) is 0 Å². The molecule has 3 heterocycles. The summed E-state index contributed by atoms with van der Waals surface area (Å²) >= 11 is 0. The van der Waals surface area contributed by atoms with Gasteiger partial charge in [0, 0.05) is 32.6 Å². The molecule has 3 aromatic heterocycles. The standard InChI is InChI=1S/C39H23N5/c40-24-34-30-14-4-7-15-33(30)41-39(42-34)44-36-17-9-6-13-29(36)32-23-26(19-21-38(32)44)25-18-20-37-31(22-25)28-12-5-8-16-35(28)43(37)27-10-2-1-3-11-27/h1-23H/i1D,2D,3D,10D,11D. The van der Waals surface area contributed by atoms with Crippen molar-refractivity contribution in [1.82, 2.24) is 19.1 Å². The molecule has 0 unspecified atom stereocenters. The van der Waals surface area contributed by atoms with Gasteiger partial charge in [0.2, 0.25) is 5.95 Å². The summed E-state index contributed by atoms with van der Waals surface area (Å²) in [5.74, 6) is 0.427. The van der Waals surface area contributed by atoms with Gasteiger partial charge >= 0.3 is 0 Å². The van der Waals surface area contributed by atoms with Gasteiger partial charge in [-0.1, -0.05) is 78.8 Å². The molecule has 0 saturated carbocycles. The number of hydrogen-bond acceptors (Lipinski definition) is 3. The number of benzene rings is 6. The molecular formula is C39H23N5. The Balaban J connectivity index is 1.26. The van der Waals surface area contributed by atoms with Gasteiger partial charge in [-0.25, -0.2) is 9.97 Å². The zero-order valence-electron chi connectivity index (χ0n) is 28.1. The van der Waals surface area contributed by atoms with E-state index in [-0.39, 0.29) is 29.9 Å². The van der Waals surface area contributed by atoms with Crippen LogP contribution in [0.25, 0.3) is 77.3 Å². The highest BCUT2D eigenvalue weighted by Gasteiger charge is 2.18. The number of fused-ring (bicyclic) bond motifs is 7. The first-order valence-electron chi connectivity index (χ1n) is 16.7. The van der Waals surface area contributed by atoms with E-state index in [4.69, 9.17) is 11.8 Å². The summed E-state index contributed by atoms with van der Waals surface area (Å²) in [7, 11) is 0. The third-order valence-electron chi connectivity index (χ3n) is 8.29. The van der Waals surface area contributed by atoms with Crippen LogP contribution in [0.4, 0.5) is 0 Å². The number of nitriles is 1. The number of nitrogens with zero attached hydrogens (tertiary/aromatic N) is 5. The molecule has 6 aromatic carbocycles. The van der Waals surface area contributed by atoms with E-state index < -0.39 is 6.04 Å². The van der Waals surface area contributed by atoms with Crippen LogP contribution in [0.1, 0.15) is 12.5 Å². The molecule has 0 fully saturated rings. The molecule has 0 aliphatic heterocycles. The van der Waals surface area contributed by atoms with Crippen molar-refractivity contribution in [2.24, 2.45) is 0 Å². The molecule has 0 aliphatic carbocycles. The maximum atomic E-state index is 9.92. The van der Waals surface area contributed by atoms with E-state index >= 15 is 0 Å². The predicted octanol–water partition coefficient (Wildman–Crippen LogP) is 9.36. The van der Waals surface area contributed by atoms with Crippen molar-refractivity contribution in [3.63, 3.8) is 0 Å². The Bertz CT molecular complexity index is 2890. The van der Waals surface area contributed by atoms with Gasteiger partial charge in [-0.3, -0.25) is 4.57 Å². The van der Waals surface area contributed by atoms with Gasteiger partial charge in [-0.2, -0.15) is 5.26 Å². The summed E-state index contributed by atoms with van der Waals surface area (Å²) in [5.41, 5.74) is 6.39. The van der Waals surface area contributed by atoms with E-state index in [2.05, 4.69) is 41.4 Å². The van der Waals surface area contributed by atoms with Crippen LogP contribution in [0.2, 0.25) is 0 Å². The van der Waals surface area contributed by atoms with Gasteiger partial charge in [0.15, 0.2) is 5.69 Å². The van der Waals surface area contributed by atoms with Gasteiger partial charge in [-0.15, -0.1) is 0 Å². The number of hydrogen-bond donors (Lipinski definition) is 0. The lowest BCUT2D eigenvalue weighted by atomic mass is 10.0. The fourth-order valence-corrected chi connectivity index (χ4v) is 6.37. The molecule has 9 rings (SSSR count). The van der Waals surface area contributed by atoms with Crippen LogP contribution in [0.15, 0.2) is 139 Å². The molecule has 5 heteroatoms. The third-order valence-corrected chi connectivity index (χ3v) is 8.29. The minimum Gasteiger partial charge on any atom is -0.309 e. The van der Waals surface area contributed by atoms with Crippen LogP contribution in [-0.4, -0.2) is 19.1 Å². The lowest BCUT2D eigenvalue weighted by Gasteiger charge is -2.09. The van der Waals surface area contributed by atoms with Gasteiger partial charge in [0.1, 0.15) is 6.07 Å². The molecule has 0 aliphatic rings. The summed E-state index contributed by atoms with van der Waals surface area (Å²) in [6.45, 7) is 0. The molecule has 204 valence electrons. The van der Waals surface area contributed by atoms with E-state index in [1.165, 1.54) is 0 Å². The monoisotopic (exact) mass is 566 g/mol. The lowest BCUT2D eigenvalue weighted by Crippen LogP contribution is -2.03. The van der Waals surface area contributed by atoms with E-state index in [0.29, 0.717) is 22.5 Å². The second-order valence-electron chi connectivity index (χ2n) is 10.6. The van der Waals surface area contributed by atoms with E-state index in [0.717, 1.165) is 54.7 Å². The molecule has 5 nitrogen and oxygen atoms in total. The first kappa shape index (κ1) is 19.8. The SMILES string of the molecule is [2H]c1c([2H])c([2H])c(-n2c3ccccc3c3cc(-c4ccc5c(c4)c4ccccc4n5-c4nc(C#N)c5ccccc5n4)ccc32)c([2H])c1[2H]. The van der Waals surface area contributed by atoms with Crippen LogP contribution < -0.4 is 0 Å². The molecule has 0 atom stereocenters. The highest BCUT2D eigenvalue weighted by molar-refractivity contribution is 6.12. The lowest BCUT2D eigenvalue weighted by molar-refractivity contribution is 1.00. The highest BCUT2D eigenvalue weighted by Crippen LogP contribution is 2.38. The largest absolute Gasteiger partial charge is 0.309 e. The zero-order chi connectivity index (χ0) is 33.6. The summed E-state index contributed by atoms with van der Waals surface area (Å²) in [6, 6.07) is 36.2. The summed E-state index contributed by atoms with van der Waals surface area (Å²) < 4.78 is 45.8. The van der Waals surface area contributed by atoms with Crippen molar-refractivity contribution in [1.29, 1.82) is 5.26 Å². The molecule has 0 amide bonds. The topological polar surface area (TPSA) is 59.4 Å². The fourth-order valence-electron chi connectivity index (χ4n) is 6.37. The minimum atomic E-state index is -0.420. The summed E-state index contributed by atoms with van der Waals surface area (Å²) in [5, 5.41) is 14.5. The molecule has 0 saturated heterocycles. The second kappa shape index (κ2) is 9.38. The maximum Gasteiger partial charge on any atom is 0.236 e. The Morgan fingerprint density at radius 1 is 0.545 bits per heavy atom. The Labute approximate surface area is 259 Å². The fraction of sp³-hybridized carbons (Fsp3) is 0. The Morgan fingerprint density at radius 2 is 1.09 bits per heavy atom. The molecule has 44 heavy (non-hydrogen) atoms. The Morgan fingerprint density at radius 3 is 1.75 bits per heavy atom. The molecule has 9 aromatic rings. The summed E-state index contributed by atoms with van der Waals surface area (Å²) in [6.07, 6.45) is 0. The van der Waals surface area contributed by atoms with E-state index in [1.807, 2.05) is 83.4 Å². The van der Waals surface area contributed by atoms with Gasteiger partial charge in [-0.05, 0) is 71.7 Å². The predicted molar refractivity (Wildman–Crippen MR) is 178 cm³/mol. The molecular weight excluding hydrogens is 538 g/mol. The highest BCUT2D eigenvalue weighted by atomic mass is 15.2. The van der Waals surface area contributed by atoms with Gasteiger partial charge in [0.25, 0.3) is 0 Å². The van der Waals surface area contributed by atoms with E-state index in [9.17, 15) is 5.26 Å². The number of aromatic nitrogens is 4. The number of para-hydroxylation sites is 4. The van der Waals surface area contributed by atoms with Crippen LogP contribution in [-0.2, 0) is 0 Å². The maximum absolute atomic E-state index is 9.92. The average Bonchev–Trinajstić information content (AvgIpc) is 3.65. The van der Waals surface area contributed by atoms with Crippen molar-refractivity contribution in [3.8, 4) is 28.8 Å². The van der Waals surface area contributed by atoms with Crippen molar-refractivity contribution >= 4 is 54.5 Å². The van der Waals surface area contributed by atoms with Crippen LogP contribution in [0.3, 0.4) is 0 Å². The number of rotatable bonds is 3. The van der Waals surface area contributed by atoms with Crippen molar-refractivity contribution < 1.29 is 6.85 Å². The summed E-state index contributed by atoms with van der Waals surface area (Å²) in [4.78, 5) is 9.55.